The Balaban J connectivity index is 0.00000245. The van der Waals surface area contributed by atoms with Crippen molar-refractivity contribution in [3.05, 3.63) is 46.7 Å². The Bertz CT molecular complexity index is 1120. The Morgan fingerprint density at radius 2 is 1.75 bits per heavy atom. The van der Waals surface area contributed by atoms with Crippen LogP contribution >= 0.6 is 35.6 Å². The van der Waals surface area contributed by atoms with Crippen LogP contribution in [0.25, 0.3) is 10.9 Å². The lowest BCUT2D eigenvalue weighted by Gasteiger charge is -2.36. The van der Waals surface area contributed by atoms with E-state index >= 15 is 0 Å². The number of aromatic nitrogens is 2. The first kappa shape index (κ1) is 23.2. The van der Waals surface area contributed by atoms with Crippen molar-refractivity contribution in [1.82, 2.24) is 14.9 Å². The molecular weight excluding hydrogens is 471 g/mol. The number of fused-ring (bicyclic) bond motifs is 3. The van der Waals surface area contributed by atoms with Crippen molar-refractivity contribution < 1.29 is 9.47 Å². The SMILES string of the molecule is COc1cc2c(Nc3ccc(Cl)c(Cl)c3)ncnc2cc1O[C@@H]1C[C@H]2CC[C@@H](C1)N2C.Cl. The van der Waals surface area contributed by atoms with E-state index < -0.39 is 0 Å². The highest BCUT2D eigenvalue weighted by Crippen LogP contribution is 2.40. The van der Waals surface area contributed by atoms with Crippen molar-refractivity contribution in [3.63, 3.8) is 0 Å². The summed E-state index contributed by atoms with van der Waals surface area (Å²) < 4.78 is 12.1. The zero-order chi connectivity index (χ0) is 21.5. The lowest BCUT2D eigenvalue weighted by molar-refractivity contribution is 0.0644. The maximum atomic E-state index is 6.44. The van der Waals surface area contributed by atoms with Gasteiger partial charge in [-0.3, -0.25) is 0 Å². The minimum absolute atomic E-state index is 0. The number of hydrogen-bond acceptors (Lipinski definition) is 6. The molecule has 2 saturated heterocycles. The molecule has 32 heavy (non-hydrogen) atoms. The van der Waals surface area contributed by atoms with Crippen LogP contribution < -0.4 is 14.8 Å². The van der Waals surface area contributed by atoms with Gasteiger partial charge in [-0.15, -0.1) is 12.4 Å². The van der Waals surface area contributed by atoms with Crippen LogP contribution in [0.1, 0.15) is 25.7 Å². The predicted octanol–water partition coefficient (Wildman–Crippen LogP) is 6.11. The first-order valence-electron chi connectivity index (χ1n) is 10.4. The first-order valence-corrected chi connectivity index (χ1v) is 11.2. The van der Waals surface area contributed by atoms with Crippen molar-refractivity contribution >= 4 is 58.0 Å². The van der Waals surface area contributed by atoms with E-state index in [9.17, 15) is 0 Å². The number of methoxy groups -OCH3 is 1. The van der Waals surface area contributed by atoms with E-state index in [1.165, 1.54) is 19.2 Å². The molecule has 2 aromatic carbocycles. The summed E-state index contributed by atoms with van der Waals surface area (Å²) in [4.78, 5) is 11.4. The summed E-state index contributed by atoms with van der Waals surface area (Å²) in [6.07, 6.45) is 6.33. The zero-order valence-corrected chi connectivity index (χ0v) is 20.2. The van der Waals surface area contributed by atoms with Gasteiger partial charge in [0.15, 0.2) is 11.5 Å². The third kappa shape index (κ3) is 4.42. The Morgan fingerprint density at radius 3 is 2.44 bits per heavy atom. The monoisotopic (exact) mass is 494 g/mol. The van der Waals surface area contributed by atoms with E-state index in [1.807, 2.05) is 18.2 Å². The molecule has 3 atom stereocenters. The topological polar surface area (TPSA) is 59.5 Å². The number of benzene rings is 2. The Labute approximate surface area is 203 Å². The van der Waals surface area contributed by atoms with E-state index in [4.69, 9.17) is 32.7 Å². The van der Waals surface area contributed by atoms with Crippen LogP contribution in [0, 0.1) is 0 Å². The molecule has 5 rings (SSSR count). The molecule has 0 radical (unpaired) electrons. The molecule has 6 nitrogen and oxygen atoms in total. The molecule has 1 N–H and O–H groups in total. The maximum Gasteiger partial charge on any atom is 0.163 e. The molecule has 1 aromatic heterocycles. The van der Waals surface area contributed by atoms with Crippen LogP contribution in [0.4, 0.5) is 11.5 Å². The lowest BCUT2D eigenvalue weighted by atomic mass is 10.0. The third-order valence-corrected chi connectivity index (χ3v) is 7.19. The molecule has 2 aliphatic heterocycles. The number of nitrogens with one attached hydrogen (secondary N) is 1. The van der Waals surface area contributed by atoms with Crippen molar-refractivity contribution in [1.29, 1.82) is 0 Å². The molecule has 2 bridgehead atoms. The molecule has 0 saturated carbocycles. The molecule has 0 unspecified atom stereocenters. The van der Waals surface area contributed by atoms with Gasteiger partial charge in [-0.25, -0.2) is 9.97 Å². The molecule has 0 amide bonds. The van der Waals surface area contributed by atoms with Crippen LogP contribution in [0.15, 0.2) is 36.7 Å². The number of hydrogen-bond donors (Lipinski definition) is 1. The van der Waals surface area contributed by atoms with Crippen molar-refractivity contribution in [2.24, 2.45) is 0 Å². The quantitative estimate of drug-likeness (QED) is 0.460. The summed E-state index contributed by atoms with van der Waals surface area (Å²) in [5, 5.41) is 5.11. The van der Waals surface area contributed by atoms with E-state index in [0.717, 1.165) is 35.2 Å². The number of ether oxygens (including phenoxy) is 2. The summed E-state index contributed by atoms with van der Waals surface area (Å²) in [7, 11) is 3.89. The van der Waals surface area contributed by atoms with Gasteiger partial charge in [0.1, 0.15) is 18.2 Å². The standard InChI is InChI=1S/C23H24Cl2N4O2.ClH/c1-29-14-4-5-15(29)9-16(8-14)31-22-11-20-17(10-21(22)30-2)23(27-12-26-20)28-13-3-6-18(24)19(25)7-13;/h3,6-7,10-12,14-16H,4-5,8-9H2,1-2H3,(H,26,27,28);1H/t14-,15+,16-;. The van der Waals surface area contributed by atoms with Crippen molar-refractivity contribution in [2.45, 2.75) is 43.9 Å². The highest BCUT2D eigenvalue weighted by atomic mass is 35.5. The summed E-state index contributed by atoms with van der Waals surface area (Å²) in [5.41, 5.74) is 1.57. The Morgan fingerprint density at radius 1 is 1.00 bits per heavy atom. The first-order chi connectivity index (χ1) is 15.0. The Kier molecular flexibility index (Phi) is 6.86. The van der Waals surface area contributed by atoms with E-state index in [-0.39, 0.29) is 18.5 Å². The molecule has 3 heterocycles. The molecule has 170 valence electrons. The van der Waals surface area contributed by atoms with Gasteiger partial charge in [0, 0.05) is 29.2 Å². The second-order valence-corrected chi connectivity index (χ2v) is 9.07. The van der Waals surface area contributed by atoms with Gasteiger partial charge in [-0.2, -0.15) is 0 Å². The fourth-order valence-electron chi connectivity index (χ4n) is 4.76. The molecule has 9 heteroatoms. The van der Waals surface area contributed by atoms with Gasteiger partial charge in [0.25, 0.3) is 0 Å². The van der Waals surface area contributed by atoms with Crippen molar-refractivity contribution in [2.75, 3.05) is 19.5 Å². The summed E-state index contributed by atoms with van der Waals surface area (Å²) in [6, 6.07) is 10.5. The lowest BCUT2D eigenvalue weighted by Crippen LogP contribution is -2.43. The normalized spacial score (nSPS) is 22.4. The van der Waals surface area contributed by atoms with E-state index in [2.05, 4.69) is 27.2 Å². The summed E-state index contributed by atoms with van der Waals surface area (Å²) in [6.45, 7) is 0. The molecule has 2 fully saturated rings. The van der Waals surface area contributed by atoms with Crippen LogP contribution in [0.3, 0.4) is 0 Å². The van der Waals surface area contributed by atoms with Crippen LogP contribution in [-0.2, 0) is 0 Å². The highest BCUT2D eigenvalue weighted by Gasteiger charge is 2.39. The predicted molar refractivity (Wildman–Crippen MR) is 131 cm³/mol. The fourth-order valence-corrected chi connectivity index (χ4v) is 5.06. The van der Waals surface area contributed by atoms with Gasteiger partial charge in [-0.05, 0) is 57.0 Å². The average Bonchev–Trinajstić information content (AvgIpc) is 2.96. The molecule has 2 aliphatic rings. The van der Waals surface area contributed by atoms with Gasteiger partial charge >= 0.3 is 0 Å². The van der Waals surface area contributed by atoms with Gasteiger partial charge in [0.2, 0.25) is 0 Å². The minimum Gasteiger partial charge on any atom is -0.493 e. The second-order valence-electron chi connectivity index (χ2n) is 8.26. The maximum absolute atomic E-state index is 6.44. The molecule has 0 aliphatic carbocycles. The molecule has 3 aromatic rings. The van der Waals surface area contributed by atoms with E-state index in [0.29, 0.717) is 33.7 Å². The zero-order valence-electron chi connectivity index (χ0n) is 17.8. The number of halogens is 3. The minimum atomic E-state index is 0. The molecule has 0 spiro atoms. The number of nitrogens with zero attached hydrogens (tertiary/aromatic N) is 3. The van der Waals surface area contributed by atoms with Gasteiger partial charge in [-0.1, -0.05) is 23.2 Å². The van der Waals surface area contributed by atoms with Gasteiger partial charge < -0.3 is 19.7 Å². The largest absolute Gasteiger partial charge is 0.493 e. The summed E-state index contributed by atoms with van der Waals surface area (Å²) >= 11 is 12.2. The Hall–Kier alpha value is -1.99. The van der Waals surface area contributed by atoms with Gasteiger partial charge in [0.05, 0.1) is 22.7 Å². The highest BCUT2D eigenvalue weighted by molar-refractivity contribution is 6.42. The fraction of sp³-hybridized carbons (Fsp3) is 0.391. The molecular formula is C23H25Cl3N4O2. The second kappa shape index (κ2) is 9.48. The summed E-state index contributed by atoms with van der Waals surface area (Å²) in [5.74, 6) is 2.06. The number of piperidine rings is 1. The smallest absolute Gasteiger partial charge is 0.163 e. The van der Waals surface area contributed by atoms with Crippen LogP contribution in [0.5, 0.6) is 11.5 Å². The van der Waals surface area contributed by atoms with Crippen LogP contribution in [-0.4, -0.2) is 47.2 Å². The number of rotatable bonds is 5. The number of anilines is 2. The third-order valence-electron chi connectivity index (χ3n) is 6.45. The average molecular weight is 496 g/mol. The van der Waals surface area contributed by atoms with E-state index in [1.54, 1.807) is 19.2 Å². The van der Waals surface area contributed by atoms with Crippen molar-refractivity contribution in [3.8, 4) is 11.5 Å². The van der Waals surface area contributed by atoms with Crippen LogP contribution in [0.2, 0.25) is 10.0 Å².